The number of nitrogens with zero attached hydrogens (tertiary/aromatic N) is 2. The Bertz CT molecular complexity index is 1070. The zero-order valence-corrected chi connectivity index (χ0v) is 15.4. The maximum Gasteiger partial charge on any atom is 0.269 e. The van der Waals surface area contributed by atoms with Crippen molar-refractivity contribution in [3.05, 3.63) is 99.6 Å². The summed E-state index contributed by atoms with van der Waals surface area (Å²) in [5.41, 5.74) is 2.69. The third-order valence-electron chi connectivity index (χ3n) is 4.09. The van der Waals surface area contributed by atoms with Gasteiger partial charge in [-0.15, -0.1) is 0 Å². The van der Waals surface area contributed by atoms with E-state index in [4.69, 9.17) is 10.00 Å². The van der Waals surface area contributed by atoms with E-state index >= 15 is 0 Å². The van der Waals surface area contributed by atoms with Crippen LogP contribution in [0, 0.1) is 21.4 Å². The molecule has 0 saturated carbocycles. The van der Waals surface area contributed by atoms with Crippen LogP contribution in [0.15, 0.2) is 72.8 Å². The molecule has 0 aromatic heterocycles. The topological polar surface area (TPSA) is 105 Å². The number of nitrogens with one attached hydrogen (secondary N) is 1. The van der Waals surface area contributed by atoms with Crippen molar-refractivity contribution in [2.45, 2.75) is 13.0 Å². The van der Waals surface area contributed by atoms with E-state index in [0.717, 1.165) is 5.56 Å². The van der Waals surface area contributed by atoms with Crippen LogP contribution < -0.4 is 10.1 Å². The highest BCUT2D eigenvalue weighted by molar-refractivity contribution is 5.92. The first-order valence-electron chi connectivity index (χ1n) is 8.78. The zero-order valence-electron chi connectivity index (χ0n) is 15.4. The minimum absolute atomic E-state index is 0.0145. The van der Waals surface area contributed by atoms with Gasteiger partial charge in [0.05, 0.1) is 23.0 Å². The molecule has 3 aromatic carbocycles. The fourth-order valence-electron chi connectivity index (χ4n) is 2.69. The number of nitriles is 1. The monoisotopic (exact) mass is 387 g/mol. The molecule has 0 heterocycles. The number of nitro benzene ring substituents is 1. The minimum atomic E-state index is -0.480. The molecule has 7 nitrogen and oxygen atoms in total. The van der Waals surface area contributed by atoms with Gasteiger partial charge in [0.25, 0.3) is 5.69 Å². The molecule has 3 rings (SSSR count). The summed E-state index contributed by atoms with van der Waals surface area (Å²) in [5.74, 6) is 0.346. The van der Waals surface area contributed by atoms with Crippen molar-refractivity contribution >= 4 is 17.3 Å². The van der Waals surface area contributed by atoms with Crippen LogP contribution in [-0.2, 0) is 17.8 Å². The average molecular weight is 387 g/mol. The molecule has 0 atom stereocenters. The molecular weight excluding hydrogens is 370 g/mol. The molecule has 1 N–H and O–H groups in total. The number of nitro groups is 1. The van der Waals surface area contributed by atoms with Crippen LogP contribution in [0.25, 0.3) is 0 Å². The van der Waals surface area contributed by atoms with Crippen LogP contribution in [-0.4, -0.2) is 10.8 Å². The van der Waals surface area contributed by atoms with Crippen molar-refractivity contribution in [2.75, 3.05) is 5.32 Å². The van der Waals surface area contributed by atoms with Crippen molar-refractivity contribution in [3.8, 4) is 11.8 Å². The number of hydrogen-bond donors (Lipinski definition) is 1. The van der Waals surface area contributed by atoms with Crippen LogP contribution in [0.5, 0.6) is 5.75 Å². The van der Waals surface area contributed by atoms with Gasteiger partial charge in [0, 0.05) is 23.9 Å². The van der Waals surface area contributed by atoms with Gasteiger partial charge >= 0.3 is 0 Å². The fourth-order valence-corrected chi connectivity index (χ4v) is 2.69. The molecule has 7 heteroatoms. The quantitative estimate of drug-likeness (QED) is 0.482. The standard InChI is InChI=1S/C22H17N3O4/c23-14-17-3-1-4-18(11-17)15-29-21-6-2-5-19(13-21)24-22(26)12-16-7-9-20(10-8-16)25(27)28/h1-11,13H,12,15H2,(H,24,26). The van der Waals surface area contributed by atoms with E-state index in [9.17, 15) is 14.9 Å². The largest absolute Gasteiger partial charge is 0.489 e. The SMILES string of the molecule is N#Cc1cccc(COc2cccc(NC(=O)Cc3ccc([N+](=O)[O-])cc3)c2)c1. The number of carbonyl (C=O) groups excluding carboxylic acids is 1. The summed E-state index contributed by atoms with van der Waals surface area (Å²) in [6, 6.07) is 22.1. The Hall–Kier alpha value is -4.18. The molecule has 0 bridgehead atoms. The van der Waals surface area contributed by atoms with Crippen LogP contribution in [0.3, 0.4) is 0 Å². The van der Waals surface area contributed by atoms with Crippen LogP contribution in [0.1, 0.15) is 16.7 Å². The first-order chi connectivity index (χ1) is 14.0. The van der Waals surface area contributed by atoms with Crippen molar-refractivity contribution in [1.29, 1.82) is 5.26 Å². The lowest BCUT2D eigenvalue weighted by molar-refractivity contribution is -0.384. The lowest BCUT2D eigenvalue weighted by Gasteiger charge is -2.10. The second-order valence-corrected chi connectivity index (χ2v) is 6.28. The number of hydrogen-bond acceptors (Lipinski definition) is 5. The Morgan fingerprint density at radius 1 is 1.03 bits per heavy atom. The molecule has 3 aromatic rings. The van der Waals surface area contributed by atoms with E-state index in [2.05, 4.69) is 11.4 Å². The third kappa shape index (κ3) is 5.65. The number of anilines is 1. The maximum atomic E-state index is 12.2. The highest BCUT2D eigenvalue weighted by atomic mass is 16.6. The molecule has 144 valence electrons. The van der Waals surface area contributed by atoms with Gasteiger partial charge in [-0.1, -0.05) is 30.3 Å². The lowest BCUT2D eigenvalue weighted by Crippen LogP contribution is -2.14. The van der Waals surface area contributed by atoms with Crippen molar-refractivity contribution < 1.29 is 14.5 Å². The van der Waals surface area contributed by atoms with Gasteiger partial charge in [-0.2, -0.15) is 5.26 Å². The normalized spacial score (nSPS) is 10.0. The molecule has 0 fully saturated rings. The number of ether oxygens (including phenoxy) is 1. The van der Waals surface area contributed by atoms with E-state index < -0.39 is 4.92 Å². The Morgan fingerprint density at radius 3 is 2.52 bits per heavy atom. The molecule has 0 radical (unpaired) electrons. The van der Waals surface area contributed by atoms with Gasteiger partial charge in [0.1, 0.15) is 12.4 Å². The number of benzene rings is 3. The molecule has 0 aliphatic carbocycles. The van der Waals surface area contributed by atoms with Gasteiger partial charge in [-0.25, -0.2) is 0 Å². The number of rotatable bonds is 7. The molecule has 29 heavy (non-hydrogen) atoms. The predicted octanol–water partition coefficient (Wildman–Crippen LogP) is 4.23. The van der Waals surface area contributed by atoms with Gasteiger partial charge < -0.3 is 10.1 Å². The number of carbonyl (C=O) groups is 1. The summed E-state index contributed by atoms with van der Waals surface area (Å²) in [6.07, 6.45) is 0.101. The molecule has 1 amide bonds. The van der Waals surface area contributed by atoms with Crippen LogP contribution >= 0.6 is 0 Å². The van der Waals surface area contributed by atoms with Gasteiger partial charge in [-0.3, -0.25) is 14.9 Å². The van der Waals surface area contributed by atoms with E-state index in [1.54, 1.807) is 54.6 Å². The molecule has 0 aliphatic heterocycles. The third-order valence-corrected chi connectivity index (χ3v) is 4.09. The first-order valence-corrected chi connectivity index (χ1v) is 8.78. The second kappa shape index (κ2) is 9.15. The average Bonchev–Trinajstić information content (AvgIpc) is 2.73. The van der Waals surface area contributed by atoms with Crippen molar-refractivity contribution in [1.82, 2.24) is 0 Å². The molecule has 0 spiro atoms. The predicted molar refractivity (Wildman–Crippen MR) is 107 cm³/mol. The summed E-state index contributed by atoms with van der Waals surface area (Å²) in [5, 5.41) is 22.4. The Morgan fingerprint density at radius 2 is 1.79 bits per heavy atom. The Labute approximate surface area is 167 Å². The van der Waals surface area contributed by atoms with Gasteiger partial charge in [0.2, 0.25) is 5.91 Å². The molecular formula is C22H17N3O4. The van der Waals surface area contributed by atoms with E-state index in [1.807, 2.05) is 6.07 Å². The van der Waals surface area contributed by atoms with Gasteiger partial charge in [0.15, 0.2) is 0 Å². The van der Waals surface area contributed by atoms with Crippen LogP contribution in [0.4, 0.5) is 11.4 Å². The smallest absolute Gasteiger partial charge is 0.269 e. The summed E-state index contributed by atoms with van der Waals surface area (Å²) in [6.45, 7) is 0.301. The summed E-state index contributed by atoms with van der Waals surface area (Å²) in [7, 11) is 0. The highest BCUT2D eigenvalue weighted by Crippen LogP contribution is 2.19. The Kier molecular flexibility index (Phi) is 6.18. The lowest BCUT2D eigenvalue weighted by atomic mass is 10.1. The summed E-state index contributed by atoms with van der Waals surface area (Å²) < 4.78 is 5.74. The zero-order chi connectivity index (χ0) is 20.6. The second-order valence-electron chi connectivity index (χ2n) is 6.28. The van der Waals surface area contributed by atoms with E-state index in [0.29, 0.717) is 29.2 Å². The molecule has 0 aliphatic rings. The van der Waals surface area contributed by atoms with Gasteiger partial charge in [-0.05, 0) is 35.4 Å². The van der Waals surface area contributed by atoms with E-state index in [1.165, 1.54) is 12.1 Å². The van der Waals surface area contributed by atoms with E-state index in [-0.39, 0.29) is 18.0 Å². The summed E-state index contributed by atoms with van der Waals surface area (Å²) in [4.78, 5) is 22.4. The minimum Gasteiger partial charge on any atom is -0.489 e. The highest BCUT2D eigenvalue weighted by Gasteiger charge is 2.08. The van der Waals surface area contributed by atoms with Crippen molar-refractivity contribution in [2.24, 2.45) is 0 Å². The van der Waals surface area contributed by atoms with Crippen molar-refractivity contribution in [3.63, 3.8) is 0 Å². The Balaban J connectivity index is 1.58. The molecule has 0 unspecified atom stereocenters. The molecule has 0 saturated heterocycles. The number of non-ortho nitro benzene ring substituents is 1. The van der Waals surface area contributed by atoms with Crippen LogP contribution in [0.2, 0.25) is 0 Å². The summed E-state index contributed by atoms with van der Waals surface area (Å²) >= 11 is 0. The fraction of sp³-hybridized carbons (Fsp3) is 0.0909. The number of amides is 1. The first kappa shape index (κ1) is 19.6. The maximum absolute atomic E-state index is 12.2.